The number of carboxylic acid groups (broad SMARTS) is 1. The van der Waals surface area contributed by atoms with Gasteiger partial charge in [-0.2, -0.15) is 0 Å². The monoisotopic (exact) mass is 503 g/mol. The average Bonchev–Trinajstić information content (AvgIpc) is 3.69. The average molecular weight is 504 g/mol. The zero-order valence-electron chi connectivity index (χ0n) is 21.9. The molecule has 0 spiro atoms. The number of hydrogen-bond acceptors (Lipinski definition) is 7. The lowest BCUT2D eigenvalue weighted by Crippen LogP contribution is -2.50. The highest BCUT2D eigenvalue weighted by molar-refractivity contribution is 5.88. The minimum Gasteiger partial charge on any atom is -0.480 e. The van der Waals surface area contributed by atoms with Gasteiger partial charge >= 0.3 is 11.9 Å². The molecule has 0 aromatic heterocycles. The molecule has 1 saturated carbocycles. The highest BCUT2D eigenvalue weighted by Crippen LogP contribution is 2.33. The van der Waals surface area contributed by atoms with Gasteiger partial charge in [0.15, 0.2) is 6.10 Å². The van der Waals surface area contributed by atoms with Gasteiger partial charge in [0.2, 0.25) is 0 Å². The van der Waals surface area contributed by atoms with Crippen LogP contribution in [0.5, 0.6) is 0 Å². The third-order valence-corrected chi connectivity index (χ3v) is 6.96. The van der Waals surface area contributed by atoms with Gasteiger partial charge in [-0.15, -0.1) is 0 Å². The van der Waals surface area contributed by atoms with Crippen LogP contribution in [0, 0.1) is 11.8 Å². The molecular formula is C27H41N3O6. The Morgan fingerprint density at radius 2 is 1.81 bits per heavy atom. The van der Waals surface area contributed by atoms with E-state index in [-0.39, 0.29) is 12.3 Å². The summed E-state index contributed by atoms with van der Waals surface area (Å²) < 4.78 is 11.2. The van der Waals surface area contributed by atoms with Crippen LogP contribution >= 0.6 is 0 Å². The molecule has 1 aromatic rings. The first-order valence-electron chi connectivity index (χ1n) is 13.0. The Balaban J connectivity index is 1.77. The number of carbonyl (C=O) groups excluding carboxylic acids is 2. The first-order valence-corrected chi connectivity index (χ1v) is 13.0. The number of ether oxygens (including phenoxy) is 2. The van der Waals surface area contributed by atoms with Crippen LogP contribution < -0.4 is 10.2 Å². The molecule has 9 heteroatoms. The summed E-state index contributed by atoms with van der Waals surface area (Å²) in [4.78, 5) is 41.9. The van der Waals surface area contributed by atoms with Crippen molar-refractivity contribution in [3.63, 3.8) is 0 Å². The zero-order valence-corrected chi connectivity index (χ0v) is 21.9. The van der Waals surface area contributed by atoms with Gasteiger partial charge in [0.05, 0.1) is 13.2 Å². The number of rotatable bonds is 13. The number of morpholine rings is 1. The molecule has 3 rings (SSSR count). The maximum Gasteiger partial charge on any atom is 0.326 e. The summed E-state index contributed by atoms with van der Waals surface area (Å²) in [7, 11) is 3.19. The second-order valence-corrected chi connectivity index (χ2v) is 10.3. The van der Waals surface area contributed by atoms with E-state index in [0.29, 0.717) is 32.0 Å². The molecule has 1 amide bonds. The fourth-order valence-electron chi connectivity index (χ4n) is 4.55. The normalized spacial score (nSPS) is 18.4. The van der Waals surface area contributed by atoms with Crippen molar-refractivity contribution in [2.45, 2.75) is 64.1 Å². The number of nitrogens with one attached hydrogen (secondary N) is 1. The van der Waals surface area contributed by atoms with Crippen LogP contribution in [0.4, 0.5) is 5.69 Å². The van der Waals surface area contributed by atoms with Crippen molar-refractivity contribution >= 4 is 23.5 Å². The number of hydrogen-bond donors (Lipinski definition) is 2. The molecule has 1 heterocycles. The summed E-state index contributed by atoms with van der Waals surface area (Å²) in [6.45, 7) is 6.85. The lowest BCUT2D eigenvalue weighted by molar-refractivity contribution is -0.164. The van der Waals surface area contributed by atoms with Crippen LogP contribution in [-0.2, 0) is 30.3 Å². The number of esters is 1. The topological polar surface area (TPSA) is 108 Å². The maximum atomic E-state index is 13.5. The third-order valence-electron chi connectivity index (χ3n) is 6.96. The minimum absolute atomic E-state index is 0.0855. The third kappa shape index (κ3) is 7.93. The van der Waals surface area contributed by atoms with Gasteiger partial charge in [0.1, 0.15) is 12.1 Å². The Bertz CT molecular complexity index is 880. The van der Waals surface area contributed by atoms with E-state index in [9.17, 15) is 19.5 Å². The molecule has 1 aliphatic heterocycles. The molecule has 200 valence electrons. The van der Waals surface area contributed by atoms with Crippen molar-refractivity contribution in [3.8, 4) is 0 Å². The molecule has 2 N–H and O–H groups in total. The predicted molar refractivity (Wildman–Crippen MR) is 137 cm³/mol. The highest BCUT2D eigenvalue weighted by atomic mass is 16.5. The molecule has 9 nitrogen and oxygen atoms in total. The molecule has 3 atom stereocenters. The molecule has 1 aromatic carbocycles. The number of carbonyl (C=O) groups is 3. The van der Waals surface area contributed by atoms with Crippen LogP contribution in [0.1, 0.15) is 45.1 Å². The zero-order chi connectivity index (χ0) is 26.2. The van der Waals surface area contributed by atoms with Crippen molar-refractivity contribution in [1.82, 2.24) is 10.2 Å². The molecular weight excluding hydrogens is 462 g/mol. The molecule has 1 aliphatic carbocycles. The van der Waals surface area contributed by atoms with Gasteiger partial charge in [-0.3, -0.25) is 9.59 Å². The van der Waals surface area contributed by atoms with Gasteiger partial charge in [0, 0.05) is 32.2 Å². The number of anilines is 1. The SMILES string of the molecule is CN[C@@H](CC1CC1)C(=O)O[C@H](Cc1ccc(N2CCOCC2)cc1)C(=O)N(C)[C@@H](CC(C)C)C(=O)O. The molecule has 0 radical (unpaired) electrons. The van der Waals surface area contributed by atoms with Gasteiger partial charge in [0.25, 0.3) is 5.91 Å². The molecule has 2 fully saturated rings. The van der Waals surface area contributed by atoms with Gasteiger partial charge in [-0.1, -0.05) is 38.8 Å². The summed E-state index contributed by atoms with van der Waals surface area (Å²) in [5.41, 5.74) is 1.91. The van der Waals surface area contributed by atoms with Crippen molar-refractivity contribution in [2.75, 3.05) is 45.3 Å². The Hall–Kier alpha value is -2.65. The van der Waals surface area contributed by atoms with Crippen molar-refractivity contribution < 1.29 is 29.0 Å². The van der Waals surface area contributed by atoms with Crippen molar-refractivity contribution in [3.05, 3.63) is 29.8 Å². The number of amides is 1. The quantitative estimate of drug-likeness (QED) is 0.395. The summed E-state index contributed by atoms with van der Waals surface area (Å²) in [5, 5.41) is 12.8. The summed E-state index contributed by atoms with van der Waals surface area (Å²) in [6, 6.07) is 6.37. The molecule has 36 heavy (non-hydrogen) atoms. The van der Waals surface area contributed by atoms with Crippen LogP contribution in [0.3, 0.4) is 0 Å². The number of likely N-dealkylation sites (N-methyl/N-ethyl adjacent to an activating group) is 2. The molecule has 1 saturated heterocycles. The first-order chi connectivity index (χ1) is 17.2. The van der Waals surface area contributed by atoms with Gasteiger partial charge in [-0.25, -0.2) is 4.79 Å². The van der Waals surface area contributed by atoms with E-state index >= 15 is 0 Å². The predicted octanol–water partition coefficient (Wildman–Crippen LogP) is 2.32. The second-order valence-electron chi connectivity index (χ2n) is 10.3. The first kappa shape index (κ1) is 27.9. The molecule has 2 aliphatic rings. The summed E-state index contributed by atoms with van der Waals surface area (Å²) in [5.74, 6) is -1.46. The number of carboxylic acids is 1. The second kappa shape index (κ2) is 13.1. The van der Waals surface area contributed by atoms with E-state index in [4.69, 9.17) is 9.47 Å². The summed E-state index contributed by atoms with van der Waals surface area (Å²) in [6.07, 6.45) is 2.24. The fraction of sp³-hybridized carbons (Fsp3) is 0.667. The Morgan fingerprint density at radius 3 is 2.33 bits per heavy atom. The Morgan fingerprint density at radius 1 is 1.17 bits per heavy atom. The van der Waals surface area contributed by atoms with E-state index in [1.807, 2.05) is 38.1 Å². The van der Waals surface area contributed by atoms with Gasteiger partial charge in [-0.05, 0) is 49.4 Å². The molecule has 0 bridgehead atoms. The lowest BCUT2D eigenvalue weighted by Gasteiger charge is -2.30. The number of benzene rings is 1. The Labute approximate surface area is 214 Å². The minimum atomic E-state index is -1.11. The lowest BCUT2D eigenvalue weighted by atomic mass is 10.0. The van der Waals surface area contributed by atoms with Crippen molar-refractivity contribution in [1.29, 1.82) is 0 Å². The standard InChI is InChI=1S/C27H41N3O6/c1-18(2)15-23(26(32)33)29(4)25(31)24(36-27(34)22(28-3)16-19-5-6-19)17-20-7-9-21(10-8-20)30-11-13-35-14-12-30/h7-10,18-19,22-24,28H,5-6,11-17H2,1-4H3,(H,32,33)/t22-,23-,24+/m0/s1. The van der Waals surface area contributed by atoms with E-state index in [1.165, 1.54) is 11.9 Å². The van der Waals surface area contributed by atoms with Crippen LogP contribution in [-0.4, -0.2) is 86.4 Å². The van der Waals surface area contributed by atoms with Gasteiger partial charge < -0.3 is 29.7 Å². The largest absolute Gasteiger partial charge is 0.480 e. The highest BCUT2D eigenvalue weighted by Gasteiger charge is 2.36. The maximum absolute atomic E-state index is 13.5. The molecule has 0 unspecified atom stereocenters. The van der Waals surface area contributed by atoms with E-state index < -0.39 is 36.0 Å². The van der Waals surface area contributed by atoms with Crippen LogP contribution in [0.15, 0.2) is 24.3 Å². The van der Waals surface area contributed by atoms with Crippen LogP contribution in [0.2, 0.25) is 0 Å². The fourth-order valence-corrected chi connectivity index (χ4v) is 4.55. The van der Waals surface area contributed by atoms with Crippen LogP contribution in [0.25, 0.3) is 0 Å². The van der Waals surface area contributed by atoms with E-state index in [2.05, 4.69) is 10.2 Å². The smallest absolute Gasteiger partial charge is 0.326 e. The number of nitrogens with zero attached hydrogens (tertiary/aromatic N) is 2. The number of aliphatic carboxylic acids is 1. The van der Waals surface area contributed by atoms with E-state index in [0.717, 1.165) is 37.2 Å². The summed E-state index contributed by atoms with van der Waals surface area (Å²) >= 11 is 0. The van der Waals surface area contributed by atoms with E-state index in [1.54, 1.807) is 7.05 Å². The Kier molecular flexibility index (Phi) is 10.1. The van der Waals surface area contributed by atoms with Crippen molar-refractivity contribution in [2.24, 2.45) is 11.8 Å².